The molecule has 3 rings (SSSR count). The predicted octanol–water partition coefficient (Wildman–Crippen LogP) is 4.75. The van der Waals surface area contributed by atoms with Gasteiger partial charge in [-0.05, 0) is 50.2 Å². The highest BCUT2D eigenvalue weighted by Gasteiger charge is 2.31. The molecule has 0 atom stereocenters. The van der Waals surface area contributed by atoms with Crippen LogP contribution in [-0.2, 0) is 4.79 Å². The van der Waals surface area contributed by atoms with Crippen LogP contribution in [0.5, 0.6) is 11.5 Å². The van der Waals surface area contributed by atoms with Crippen LogP contribution in [-0.4, -0.2) is 23.6 Å². The summed E-state index contributed by atoms with van der Waals surface area (Å²) in [4.78, 5) is 17.1. The van der Waals surface area contributed by atoms with Crippen molar-refractivity contribution in [3.63, 3.8) is 0 Å². The number of nitrogens with zero attached hydrogens (tertiary/aromatic N) is 1. The Balaban J connectivity index is 1.77. The Bertz CT molecular complexity index is 906. The summed E-state index contributed by atoms with van der Waals surface area (Å²) in [5, 5.41) is 3.92. The van der Waals surface area contributed by atoms with Crippen LogP contribution in [0.3, 0.4) is 0 Å². The number of halogens is 1. The number of thiazole rings is 1. The van der Waals surface area contributed by atoms with Crippen LogP contribution in [0, 0.1) is 0 Å². The Morgan fingerprint density at radius 2 is 1.92 bits per heavy atom. The normalized spacial score (nSPS) is 11.4. The molecule has 2 aromatic carbocycles. The van der Waals surface area contributed by atoms with Gasteiger partial charge in [0.2, 0.25) is 0 Å². The maximum atomic E-state index is 12.6. The number of fused-ring (bicyclic) bond motifs is 1. The minimum Gasteiger partial charge on any atom is -0.494 e. The fourth-order valence-corrected chi connectivity index (χ4v) is 3.24. The molecule has 130 valence electrons. The lowest BCUT2D eigenvalue weighted by Crippen LogP contribution is -2.42. The molecule has 0 aliphatic carbocycles. The molecule has 1 heterocycles. The SMILES string of the molecule is COc1cccc2sc(NC(=O)C(C)(C)Oc3ccc(Cl)cc3)nc12. The van der Waals surface area contributed by atoms with Gasteiger partial charge in [-0.3, -0.25) is 10.1 Å². The zero-order chi connectivity index (χ0) is 18.0. The lowest BCUT2D eigenvalue weighted by atomic mass is 10.1. The number of aromatic nitrogens is 1. The van der Waals surface area contributed by atoms with E-state index in [1.807, 2.05) is 18.2 Å². The first kappa shape index (κ1) is 17.5. The van der Waals surface area contributed by atoms with Gasteiger partial charge in [-0.1, -0.05) is 29.0 Å². The first-order chi connectivity index (χ1) is 11.9. The predicted molar refractivity (Wildman–Crippen MR) is 101 cm³/mol. The molecule has 0 aliphatic heterocycles. The Hall–Kier alpha value is -2.31. The topological polar surface area (TPSA) is 60.5 Å². The number of rotatable bonds is 5. The first-order valence-corrected chi connectivity index (χ1v) is 8.78. The molecule has 0 fully saturated rings. The van der Waals surface area contributed by atoms with Gasteiger partial charge in [-0.15, -0.1) is 0 Å². The molecule has 1 amide bonds. The minimum absolute atomic E-state index is 0.291. The molecule has 0 aliphatic rings. The summed E-state index contributed by atoms with van der Waals surface area (Å²) >= 11 is 7.25. The summed E-state index contributed by atoms with van der Waals surface area (Å²) in [5.41, 5.74) is -0.350. The van der Waals surface area contributed by atoms with Crippen LogP contribution in [0.2, 0.25) is 5.02 Å². The molecule has 1 aromatic heterocycles. The third kappa shape index (κ3) is 3.86. The molecule has 5 nitrogen and oxygen atoms in total. The van der Waals surface area contributed by atoms with Crippen LogP contribution < -0.4 is 14.8 Å². The third-order valence-corrected chi connectivity index (χ3v) is 4.74. The Labute approximate surface area is 154 Å². The summed E-state index contributed by atoms with van der Waals surface area (Å²) in [6.07, 6.45) is 0. The number of carbonyl (C=O) groups is 1. The van der Waals surface area contributed by atoms with Gasteiger partial charge in [0.05, 0.1) is 11.8 Å². The summed E-state index contributed by atoms with van der Waals surface area (Å²) in [6, 6.07) is 12.5. The molecule has 25 heavy (non-hydrogen) atoms. The van der Waals surface area contributed by atoms with Gasteiger partial charge >= 0.3 is 0 Å². The van der Waals surface area contributed by atoms with Crippen molar-refractivity contribution in [3.05, 3.63) is 47.5 Å². The maximum absolute atomic E-state index is 12.6. The standard InChI is InChI=1S/C18H17ClN2O3S/c1-18(2,24-12-9-7-11(19)8-10-12)16(22)21-17-20-15-13(23-3)5-4-6-14(15)25-17/h4-10H,1-3H3,(H,20,21,22). The summed E-state index contributed by atoms with van der Waals surface area (Å²) < 4.78 is 12.0. The average molecular weight is 377 g/mol. The quantitative estimate of drug-likeness (QED) is 0.697. The second kappa shape index (κ2) is 6.90. The van der Waals surface area contributed by atoms with Crippen molar-refractivity contribution in [1.82, 2.24) is 4.98 Å². The number of nitrogens with one attached hydrogen (secondary N) is 1. The van der Waals surface area contributed by atoms with Crippen LogP contribution in [0.4, 0.5) is 5.13 Å². The third-order valence-electron chi connectivity index (χ3n) is 3.56. The van der Waals surface area contributed by atoms with Gasteiger partial charge in [0, 0.05) is 5.02 Å². The second-order valence-electron chi connectivity index (χ2n) is 5.85. The minimum atomic E-state index is -1.07. The molecule has 0 saturated heterocycles. The van der Waals surface area contributed by atoms with Crippen molar-refractivity contribution in [1.29, 1.82) is 0 Å². The van der Waals surface area contributed by atoms with Crippen LogP contribution >= 0.6 is 22.9 Å². The molecule has 0 unspecified atom stereocenters. The number of amides is 1. The van der Waals surface area contributed by atoms with Crippen molar-refractivity contribution in [3.8, 4) is 11.5 Å². The summed E-state index contributed by atoms with van der Waals surface area (Å²) in [5.74, 6) is 0.946. The molecule has 7 heteroatoms. The highest BCUT2D eigenvalue weighted by Crippen LogP contribution is 2.32. The monoisotopic (exact) mass is 376 g/mol. The molecule has 0 bridgehead atoms. The number of anilines is 1. The van der Waals surface area contributed by atoms with Crippen LogP contribution in [0.25, 0.3) is 10.2 Å². The van der Waals surface area contributed by atoms with E-state index < -0.39 is 5.60 Å². The fourth-order valence-electron chi connectivity index (χ4n) is 2.23. The van der Waals surface area contributed by atoms with E-state index in [2.05, 4.69) is 10.3 Å². The Morgan fingerprint density at radius 3 is 2.60 bits per heavy atom. The van der Waals surface area contributed by atoms with Gasteiger partial charge in [-0.2, -0.15) is 0 Å². The maximum Gasteiger partial charge on any atom is 0.269 e. The van der Waals surface area contributed by atoms with Gasteiger partial charge in [0.15, 0.2) is 10.7 Å². The van der Waals surface area contributed by atoms with E-state index in [0.717, 1.165) is 10.2 Å². The molecule has 0 spiro atoms. The number of hydrogen-bond acceptors (Lipinski definition) is 5. The lowest BCUT2D eigenvalue weighted by Gasteiger charge is -2.24. The van der Waals surface area contributed by atoms with E-state index in [1.54, 1.807) is 45.2 Å². The molecular weight excluding hydrogens is 360 g/mol. The average Bonchev–Trinajstić information content (AvgIpc) is 2.99. The van der Waals surface area contributed by atoms with Crippen LogP contribution in [0.1, 0.15) is 13.8 Å². The van der Waals surface area contributed by atoms with E-state index in [1.165, 1.54) is 11.3 Å². The zero-order valence-corrected chi connectivity index (χ0v) is 15.6. The second-order valence-corrected chi connectivity index (χ2v) is 7.31. The zero-order valence-electron chi connectivity index (χ0n) is 14.0. The highest BCUT2D eigenvalue weighted by molar-refractivity contribution is 7.22. The smallest absolute Gasteiger partial charge is 0.269 e. The van der Waals surface area contributed by atoms with Gasteiger partial charge < -0.3 is 9.47 Å². The first-order valence-electron chi connectivity index (χ1n) is 7.58. The van der Waals surface area contributed by atoms with E-state index in [-0.39, 0.29) is 5.91 Å². The van der Waals surface area contributed by atoms with Gasteiger partial charge in [0.1, 0.15) is 17.0 Å². The molecule has 0 radical (unpaired) electrons. The number of hydrogen-bond donors (Lipinski definition) is 1. The summed E-state index contributed by atoms with van der Waals surface area (Å²) in [7, 11) is 1.59. The number of benzene rings is 2. The number of methoxy groups -OCH3 is 1. The number of para-hydroxylation sites is 1. The van der Waals surface area contributed by atoms with Crippen molar-refractivity contribution in [2.24, 2.45) is 0 Å². The Morgan fingerprint density at radius 1 is 1.20 bits per heavy atom. The number of carbonyl (C=O) groups excluding carboxylic acids is 1. The van der Waals surface area contributed by atoms with Crippen LogP contribution in [0.15, 0.2) is 42.5 Å². The van der Waals surface area contributed by atoms with Gasteiger partial charge in [0.25, 0.3) is 5.91 Å². The van der Waals surface area contributed by atoms with E-state index >= 15 is 0 Å². The van der Waals surface area contributed by atoms with Crippen molar-refractivity contribution in [2.45, 2.75) is 19.4 Å². The molecule has 0 saturated carbocycles. The van der Waals surface area contributed by atoms with Crippen molar-refractivity contribution in [2.75, 3.05) is 12.4 Å². The van der Waals surface area contributed by atoms with Crippen molar-refractivity contribution < 1.29 is 14.3 Å². The largest absolute Gasteiger partial charge is 0.494 e. The molecular formula is C18H17ClN2O3S. The number of ether oxygens (including phenoxy) is 2. The summed E-state index contributed by atoms with van der Waals surface area (Å²) in [6.45, 7) is 3.40. The van der Waals surface area contributed by atoms with E-state index in [4.69, 9.17) is 21.1 Å². The highest BCUT2D eigenvalue weighted by atomic mass is 35.5. The lowest BCUT2D eigenvalue weighted by molar-refractivity contribution is -0.128. The van der Waals surface area contributed by atoms with E-state index in [9.17, 15) is 4.79 Å². The molecule has 1 N–H and O–H groups in total. The van der Waals surface area contributed by atoms with Gasteiger partial charge in [-0.25, -0.2) is 4.98 Å². The fraction of sp³-hybridized carbons (Fsp3) is 0.222. The van der Waals surface area contributed by atoms with E-state index in [0.29, 0.717) is 21.7 Å². The van der Waals surface area contributed by atoms with Crippen molar-refractivity contribution >= 4 is 44.2 Å². The molecule has 3 aromatic rings. The Kier molecular flexibility index (Phi) is 4.83.